The van der Waals surface area contributed by atoms with Crippen LogP contribution in [0.4, 0.5) is 0 Å². The monoisotopic (exact) mass is 376 g/mol. The molecule has 1 atom stereocenters. The fraction of sp³-hybridized carbons (Fsp3) is 0.375. The molecule has 1 heterocycles. The molecule has 0 aliphatic rings. The van der Waals surface area contributed by atoms with Gasteiger partial charge in [-0.25, -0.2) is 9.97 Å². The van der Waals surface area contributed by atoms with Gasteiger partial charge in [0.05, 0.1) is 17.0 Å². The number of fused-ring (bicyclic) bond motifs is 1. The number of nitrogens with zero attached hydrogens (tertiary/aromatic N) is 3. The molecule has 0 aliphatic heterocycles. The molecular formula is C16H17BrN4O2. The van der Waals surface area contributed by atoms with Gasteiger partial charge in [0.25, 0.3) is 5.91 Å². The van der Waals surface area contributed by atoms with Gasteiger partial charge in [-0.3, -0.25) is 4.79 Å². The Labute approximate surface area is 143 Å². The lowest BCUT2D eigenvalue weighted by atomic mass is 9.90. The second-order valence-electron chi connectivity index (χ2n) is 5.65. The Kier molecular flexibility index (Phi) is 5.16. The van der Waals surface area contributed by atoms with Crippen LogP contribution in [0.1, 0.15) is 20.8 Å². The third-order valence-electron chi connectivity index (χ3n) is 3.69. The molecule has 23 heavy (non-hydrogen) atoms. The summed E-state index contributed by atoms with van der Waals surface area (Å²) < 4.78 is 6.38. The van der Waals surface area contributed by atoms with Crippen LogP contribution in [-0.2, 0) is 4.79 Å². The van der Waals surface area contributed by atoms with Gasteiger partial charge < -0.3 is 10.1 Å². The topological polar surface area (TPSA) is 87.9 Å². The highest BCUT2D eigenvalue weighted by Crippen LogP contribution is 2.24. The average Bonchev–Trinajstić information content (AvgIpc) is 2.52. The van der Waals surface area contributed by atoms with Gasteiger partial charge in [-0.15, -0.1) is 0 Å². The Balaban J connectivity index is 2.11. The van der Waals surface area contributed by atoms with Crippen molar-refractivity contribution in [2.24, 2.45) is 5.92 Å². The number of ether oxygens (including phenoxy) is 1. The molecular weight excluding hydrogens is 360 g/mol. The molecule has 2 aromatic rings. The maximum absolute atomic E-state index is 12.1. The number of amides is 1. The molecule has 7 heteroatoms. The van der Waals surface area contributed by atoms with Crippen molar-refractivity contribution in [3.8, 4) is 11.9 Å². The van der Waals surface area contributed by atoms with E-state index in [0.717, 1.165) is 9.99 Å². The number of aromatic nitrogens is 2. The number of nitrogens with one attached hydrogen (secondary N) is 1. The van der Waals surface area contributed by atoms with Crippen LogP contribution in [0.2, 0.25) is 0 Å². The fourth-order valence-corrected chi connectivity index (χ4v) is 2.24. The second kappa shape index (κ2) is 6.92. The summed E-state index contributed by atoms with van der Waals surface area (Å²) in [5, 5.41) is 12.6. The van der Waals surface area contributed by atoms with Crippen LogP contribution in [-0.4, -0.2) is 28.0 Å². The van der Waals surface area contributed by atoms with Gasteiger partial charge in [0.15, 0.2) is 6.61 Å². The third-order valence-corrected chi connectivity index (χ3v) is 4.18. The molecule has 1 unspecified atom stereocenters. The molecule has 1 N–H and O–H groups in total. The molecule has 0 spiro atoms. The normalized spacial score (nSPS) is 13.4. The van der Waals surface area contributed by atoms with Crippen LogP contribution < -0.4 is 10.1 Å². The molecule has 1 amide bonds. The minimum Gasteiger partial charge on any atom is -0.467 e. The standard InChI is InChI=1S/C16H17BrN4O2/c1-10(2)16(3,8-18)21-14(22)7-23-15-12-6-11(17)4-5-13(12)19-9-20-15/h4-6,9-10H,7H2,1-3H3,(H,21,22). The molecule has 0 aliphatic carbocycles. The Morgan fingerprint density at radius 3 is 2.87 bits per heavy atom. The number of carbonyl (C=O) groups excluding carboxylic acids is 1. The van der Waals surface area contributed by atoms with Gasteiger partial charge in [-0.1, -0.05) is 29.8 Å². The van der Waals surface area contributed by atoms with Gasteiger partial charge in [-0.05, 0) is 31.0 Å². The van der Waals surface area contributed by atoms with Crippen LogP contribution in [0.25, 0.3) is 10.9 Å². The highest BCUT2D eigenvalue weighted by molar-refractivity contribution is 9.10. The van der Waals surface area contributed by atoms with Crippen molar-refractivity contribution in [1.82, 2.24) is 15.3 Å². The molecule has 0 saturated carbocycles. The van der Waals surface area contributed by atoms with E-state index in [1.807, 2.05) is 32.0 Å². The second-order valence-corrected chi connectivity index (χ2v) is 6.56. The van der Waals surface area contributed by atoms with E-state index in [0.29, 0.717) is 11.3 Å². The zero-order chi connectivity index (χ0) is 17.0. The Morgan fingerprint density at radius 1 is 1.48 bits per heavy atom. The summed E-state index contributed by atoms with van der Waals surface area (Å²) in [4.78, 5) is 20.3. The van der Waals surface area contributed by atoms with Crippen molar-refractivity contribution >= 4 is 32.7 Å². The van der Waals surface area contributed by atoms with Gasteiger partial charge in [0.2, 0.25) is 5.88 Å². The molecule has 120 valence electrons. The minimum absolute atomic E-state index is 0.0210. The molecule has 2 rings (SSSR count). The van der Waals surface area contributed by atoms with Crippen LogP contribution in [0, 0.1) is 17.2 Å². The van der Waals surface area contributed by atoms with E-state index in [2.05, 4.69) is 37.3 Å². The number of rotatable bonds is 5. The summed E-state index contributed by atoms with van der Waals surface area (Å²) in [5.74, 6) is -0.0635. The molecule has 1 aromatic heterocycles. The van der Waals surface area contributed by atoms with Crippen molar-refractivity contribution in [2.45, 2.75) is 26.3 Å². The zero-order valence-corrected chi connectivity index (χ0v) is 14.7. The maximum Gasteiger partial charge on any atom is 0.259 e. The number of hydrogen-bond acceptors (Lipinski definition) is 5. The van der Waals surface area contributed by atoms with Gasteiger partial charge in [0.1, 0.15) is 11.9 Å². The smallest absolute Gasteiger partial charge is 0.259 e. The van der Waals surface area contributed by atoms with Gasteiger partial charge >= 0.3 is 0 Å². The quantitative estimate of drug-likeness (QED) is 0.866. The lowest BCUT2D eigenvalue weighted by molar-refractivity contribution is -0.124. The van der Waals surface area contributed by atoms with E-state index in [-0.39, 0.29) is 18.4 Å². The van der Waals surface area contributed by atoms with E-state index in [1.54, 1.807) is 6.92 Å². The number of carbonyl (C=O) groups is 1. The van der Waals surface area contributed by atoms with Crippen LogP contribution in [0.5, 0.6) is 5.88 Å². The van der Waals surface area contributed by atoms with Gasteiger partial charge in [-0.2, -0.15) is 5.26 Å². The lowest BCUT2D eigenvalue weighted by Gasteiger charge is -2.27. The predicted molar refractivity (Wildman–Crippen MR) is 89.7 cm³/mol. The number of halogens is 1. The van der Waals surface area contributed by atoms with Crippen molar-refractivity contribution in [3.63, 3.8) is 0 Å². The summed E-state index contributed by atoms with van der Waals surface area (Å²) in [6, 6.07) is 7.65. The first kappa shape index (κ1) is 17.2. The SMILES string of the molecule is CC(C)C(C)(C#N)NC(=O)COc1ncnc2ccc(Br)cc12. The van der Waals surface area contributed by atoms with Crippen LogP contribution in [0.15, 0.2) is 29.0 Å². The fourth-order valence-electron chi connectivity index (χ4n) is 1.88. The molecule has 0 fully saturated rings. The summed E-state index contributed by atoms with van der Waals surface area (Å²) in [6.45, 7) is 5.22. The Hall–Kier alpha value is -2.20. The molecule has 0 saturated heterocycles. The first-order valence-electron chi connectivity index (χ1n) is 7.11. The van der Waals surface area contributed by atoms with Crippen molar-refractivity contribution in [1.29, 1.82) is 5.26 Å². The first-order valence-corrected chi connectivity index (χ1v) is 7.90. The molecule has 1 aromatic carbocycles. The van der Waals surface area contributed by atoms with Crippen LogP contribution >= 0.6 is 15.9 Å². The van der Waals surface area contributed by atoms with Crippen molar-refractivity contribution in [3.05, 3.63) is 29.0 Å². The average molecular weight is 377 g/mol. The number of nitriles is 1. The molecule has 6 nitrogen and oxygen atoms in total. The first-order chi connectivity index (χ1) is 10.9. The van der Waals surface area contributed by atoms with E-state index < -0.39 is 5.54 Å². The summed E-state index contributed by atoms with van der Waals surface area (Å²) in [7, 11) is 0. The number of benzene rings is 1. The van der Waals surface area contributed by atoms with E-state index >= 15 is 0 Å². The van der Waals surface area contributed by atoms with E-state index in [4.69, 9.17) is 4.74 Å². The van der Waals surface area contributed by atoms with Crippen molar-refractivity contribution < 1.29 is 9.53 Å². The molecule has 0 bridgehead atoms. The van der Waals surface area contributed by atoms with Crippen molar-refractivity contribution in [2.75, 3.05) is 6.61 Å². The van der Waals surface area contributed by atoms with E-state index in [1.165, 1.54) is 6.33 Å². The highest BCUT2D eigenvalue weighted by atomic mass is 79.9. The zero-order valence-electron chi connectivity index (χ0n) is 13.1. The Bertz CT molecular complexity index is 772. The summed E-state index contributed by atoms with van der Waals surface area (Å²) in [5.41, 5.74) is -0.209. The number of hydrogen-bond donors (Lipinski definition) is 1. The summed E-state index contributed by atoms with van der Waals surface area (Å²) >= 11 is 3.39. The lowest BCUT2D eigenvalue weighted by Crippen LogP contribution is -2.50. The van der Waals surface area contributed by atoms with E-state index in [9.17, 15) is 10.1 Å². The third kappa shape index (κ3) is 3.96. The summed E-state index contributed by atoms with van der Waals surface area (Å²) in [6.07, 6.45) is 1.39. The predicted octanol–water partition coefficient (Wildman–Crippen LogP) is 2.83. The Morgan fingerprint density at radius 2 is 2.22 bits per heavy atom. The minimum atomic E-state index is -0.933. The van der Waals surface area contributed by atoms with Gasteiger partial charge in [0, 0.05) is 4.47 Å². The maximum atomic E-state index is 12.1. The largest absolute Gasteiger partial charge is 0.467 e. The highest BCUT2D eigenvalue weighted by Gasteiger charge is 2.30. The molecule has 0 radical (unpaired) electrons. The van der Waals surface area contributed by atoms with Crippen LogP contribution in [0.3, 0.4) is 0 Å².